The lowest BCUT2D eigenvalue weighted by atomic mass is 9.86. The van der Waals surface area contributed by atoms with Crippen LogP contribution >= 0.6 is 0 Å². The molecule has 3 aromatic rings. The molecule has 0 fully saturated rings. The summed E-state index contributed by atoms with van der Waals surface area (Å²) >= 11 is 0. The van der Waals surface area contributed by atoms with Crippen molar-refractivity contribution in [3.05, 3.63) is 89.0 Å². The summed E-state index contributed by atoms with van der Waals surface area (Å²) in [6, 6.07) is 19.2. The molecule has 0 aromatic heterocycles. The van der Waals surface area contributed by atoms with E-state index in [1.807, 2.05) is 30.3 Å². The second-order valence-electron chi connectivity index (χ2n) is 7.78. The molecular weight excluding hydrogens is 417 g/mol. The molecule has 0 spiro atoms. The van der Waals surface area contributed by atoms with Crippen LogP contribution in [-0.4, -0.2) is 26.8 Å². The maximum absolute atomic E-state index is 13.0. The van der Waals surface area contributed by atoms with Gasteiger partial charge in [-0.25, -0.2) is 0 Å². The van der Waals surface area contributed by atoms with Crippen LogP contribution < -0.4 is 20.1 Å². The van der Waals surface area contributed by atoms with Crippen LogP contribution in [-0.2, 0) is 12.6 Å². The van der Waals surface area contributed by atoms with E-state index in [0.29, 0.717) is 30.2 Å². The van der Waals surface area contributed by atoms with Gasteiger partial charge in [0.1, 0.15) is 0 Å². The lowest BCUT2D eigenvalue weighted by Gasteiger charge is -2.34. The minimum atomic E-state index is -4.37. The van der Waals surface area contributed by atoms with E-state index in [4.69, 9.17) is 9.47 Å². The minimum Gasteiger partial charge on any atom is -0.493 e. The van der Waals surface area contributed by atoms with E-state index in [-0.39, 0.29) is 12.1 Å². The largest absolute Gasteiger partial charge is 0.493 e. The Morgan fingerprint density at radius 2 is 1.66 bits per heavy atom. The van der Waals surface area contributed by atoms with Gasteiger partial charge in [-0.1, -0.05) is 36.4 Å². The predicted molar refractivity (Wildman–Crippen MR) is 118 cm³/mol. The zero-order valence-corrected chi connectivity index (χ0v) is 17.9. The van der Waals surface area contributed by atoms with Crippen molar-refractivity contribution in [1.82, 2.24) is 5.32 Å². The molecule has 168 valence electrons. The SMILES string of the molecule is COc1cc2c(cc1OC)[C@H](c1ccccc1)N[C@H](CNc1cccc(C(F)(F)F)c1)C2. The Hall–Kier alpha value is -3.19. The fourth-order valence-electron chi connectivity index (χ4n) is 4.13. The van der Waals surface area contributed by atoms with Gasteiger partial charge in [0.15, 0.2) is 11.5 Å². The number of alkyl halides is 3. The van der Waals surface area contributed by atoms with Gasteiger partial charge in [-0.05, 0) is 53.4 Å². The van der Waals surface area contributed by atoms with Gasteiger partial charge in [-0.3, -0.25) is 0 Å². The first-order valence-electron chi connectivity index (χ1n) is 10.4. The fourth-order valence-corrected chi connectivity index (χ4v) is 4.13. The molecule has 0 saturated carbocycles. The van der Waals surface area contributed by atoms with Gasteiger partial charge < -0.3 is 20.1 Å². The van der Waals surface area contributed by atoms with E-state index in [1.54, 1.807) is 20.3 Å². The number of hydrogen-bond acceptors (Lipinski definition) is 4. The molecule has 0 radical (unpaired) electrons. The van der Waals surface area contributed by atoms with Crippen molar-refractivity contribution in [3.8, 4) is 11.5 Å². The summed E-state index contributed by atoms with van der Waals surface area (Å²) in [7, 11) is 3.21. The number of rotatable bonds is 6. The number of anilines is 1. The Morgan fingerprint density at radius 1 is 0.938 bits per heavy atom. The molecule has 0 bridgehead atoms. The number of halogens is 3. The Balaban J connectivity index is 1.61. The van der Waals surface area contributed by atoms with Crippen molar-refractivity contribution in [3.63, 3.8) is 0 Å². The highest BCUT2D eigenvalue weighted by Gasteiger charge is 2.31. The van der Waals surface area contributed by atoms with Crippen LogP contribution in [0.4, 0.5) is 18.9 Å². The molecule has 4 rings (SSSR count). The Labute approximate surface area is 185 Å². The van der Waals surface area contributed by atoms with E-state index < -0.39 is 11.7 Å². The van der Waals surface area contributed by atoms with Gasteiger partial charge in [0.05, 0.1) is 25.8 Å². The van der Waals surface area contributed by atoms with Crippen LogP contribution in [0.5, 0.6) is 11.5 Å². The summed E-state index contributed by atoms with van der Waals surface area (Å²) in [5, 5.41) is 6.81. The first-order chi connectivity index (χ1) is 15.4. The topological polar surface area (TPSA) is 42.5 Å². The van der Waals surface area contributed by atoms with Gasteiger partial charge in [0, 0.05) is 18.3 Å². The number of methoxy groups -OCH3 is 2. The summed E-state index contributed by atoms with van der Waals surface area (Å²) in [4.78, 5) is 0. The smallest absolute Gasteiger partial charge is 0.416 e. The maximum Gasteiger partial charge on any atom is 0.416 e. The fraction of sp³-hybridized carbons (Fsp3) is 0.280. The van der Waals surface area contributed by atoms with Crippen molar-refractivity contribution in [2.45, 2.75) is 24.7 Å². The molecule has 0 aliphatic carbocycles. The second-order valence-corrected chi connectivity index (χ2v) is 7.78. The van der Waals surface area contributed by atoms with Crippen molar-refractivity contribution in [1.29, 1.82) is 0 Å². The van der Waals surface area contributed by atoms with Crippen LogP contribution in [0, 0.1) is 0 Å². The van der Waals surface area contributed by atoms with Crippen molar-refractivity contribution in [2.75, 3.05) is 26.1 Å². The third-order valence-corrected chi connectivity index (χ3v) is 5.70. The standard InChI is InChI=1S/C25H25F3N2O2/c1-31-22-12-17-11-20(15-29-19-10-6-9-18(13-19)25(26,27)28)30-24(16-7-4-3-5-8-16)21(17)14-23(22)32-2/h3-10,12-14,20,24,29-30H,11,15H2,1-2H3/t20-,24-/m0/s1. The summed E-state index contributed by atoms with van der Waals surface area (Å²) in [5.41, 5.74) is 3.10. The van der Waals surface area contributed by atoms with Crippen LogP contribution in [0.1, 0.15) is 28.3 Å². The molecule has 1 aliphatic rings. The molecule has 4 nitrogen and oxygen atoms in total. The Bertz CT molecular complexity index is 1070. The average Bonchev–Trinajstić information content (AvgIpc) is 2.81. The maximum atomic E-state index is 13.0. The lowest BCUT2D eigenvalue weighted by Crippen LogP contribution is -2.44. The normalized spacial score (nSPS) is 18.0. The van der Waals surface area contributed by atoms with Gasteiger partial charge in [0.2, 0.25) is 0 Å². The number of hydrogen-bond donors (Lipinski definition) is 2. The third-order valence-electron chi connectivity index (χ3n) is 5.70. The molecule has 2 atom stereocenters. The lowest BCUT2D eigenvalue weighted by molar-refractivity contribution is -0.137. The molecule has 32 heavy (non-hydrogen) atoms. The number of ether oxygens (including phenoxy) is 2. The first-order valence-corrected chi connectivity index (χ1v) is 10.4. The van der Waals surface area contributed by atoms with Crippen LogP contribution in [0.2, 0.25) is 0 Å². The van der Waals surface area contributed by atoms with E-state index in [2.05, 4.69) is 22.8 Å². The highest BCUT2D eigenvalue weighted by Crippen LogP contribution is 2.38. The number of fused-ring (bicyclic) bond motifs is 1. The molecule has 0 unspecified atom stereocenters. The molecule has 1 heterocycles. The van der Waals surface area contributed by atoms with Crippen LogP contribution in [0.15, 0.2) is 66.7 Å². The number of benzene rings is 3. The minimum absolute atomic E-state index is 0.000324. The molecule has 1 aliphatic heterocycles. The van der Waals surface area contributed by atoms with Gasteiger partial charge in [-0.15, -0.1) is 0 Å². The summed E-state index contributed by atoms with van der Waals surface area (Å²) in [6.07, 6.45) is -3.67. The van der Waals surface area contributed by atoms with Crippen molar-refractivity contribution < 1.29 is 22.6 Å². The zero-order valence-electron chi connectivity index (χ0n) is 17.9. The highest BCUT2D eigenvalue weighted by atomic mass is 19.4. The molecule has 0 amide bonds. The summed E-state index contributed by atoms with van der Waals surface area (Å²) in [5.74, 6) is 1.32. The monoisotopic (exact) mass is 442 g/mol. The van der Waals surface area contributed by atoms with E-state index in [9.17, 15) is 13.2 Å². The molecule has 0 saturated heterocycles. The summed E-state index contributed by atoms with van der Waals surface area (Å²) in [6.45, 7) is 0.471. The first kappa shape index (κ1) is 22.0. The molecular formula is C25H25F3N2O2. The van der Waals surface area contributed by atoms with Gasteiger partial charge >= 0.3 is 6.18 Å². The van der Waals surface area contributed by atoms with E-state index in [1.165, 1.54) is 6.07 Å². The Morgan fingerprint density at radius 3 is 2.34 bits per heavy atom. The number of nitrogens with one attached hydrogen (secondary N) is 2. The third kappa shape index (κ3) is 4.67. The van der Waals surface area contributed by atoms with E-state index in [0.717, 1.165) is 28.8 Å². The van der Waals surface area contributed by atoms with E-state index >= 15 is 0 Å². The summed E-state index contributed by atoms with van der Waals surface area (Å²) < 4.78 is 50.1. The van der Waals surface area contributed by atoms with Crippen LogP contribution in [0.25, 0.3) is 0 Å². The van der Waals surface area contributed by atoms with Gasteiger partial charge in [-0.2, -0.15) is 13.2 Å². The Kier molecular flexibility index (Phi) is 6.28. The highest BCUT2D eigenvalue weighted by molar-refractivity contribution is 5.52. The predicted octanol–water partition coefficient (Wildman–Crippen LogP) is 5.44. The van der Waals surface area contributed by atoms with Crippen molar-refractivity contribution >= 4 is 5.69 Å². The van der Waals surface area contributed by atoms with Gasteiger partial charge in [0.25, 0.3) is 0 Å². The van der Waals surface area contributed by atoms with Crippen molar-refractivity contribution in [2.24, 2.45) is 0 Å². The molecule has 7 heteroatoms. The molecule has 3 aromatic carbocycles. The second kappa shape index (κ2) is 9.12. The quantitative estimate of drug-likeness (QED) is 0.534. The average molecular weight is 442 g/mol. The zero-order chi connectivity index (χ0) is 22.7. The molecule has 2 N–H and O–H groups in total. The van der Waals surface area contributed by atoms with Crippen LogP contribution in [0.3, 0.4) is 0 Å².